The van der Waals surface area contributed by atoms with Gasteiger partial charge in [0.05, 0.1) is 37.3 Å². The molecule has 1 aliphatic heterocycles. The summed E-state index contributed by atoms with van der Waals surface area (Å²) in [6, 6.07) is 8.14. The molecule has 0 saturated heterocycles. The van der Waals surface area contributed by atoms with Crippen LogP contribution >= 0.6 is 0 Å². The third-order valence-electron chi connectivity index (χ3n) is 3.26. The highest BCUT2D eigenvalue weighted by Crippen LogP contribution is 2.40. The van der Waals surface area contributed by atoms with Gasteiger partial charge in [0, 0.05) is 5.56 Å². The molecule has 1 unspecified atom stereocenters. The van der Waals surface area contributed by atoms with E-state index in [1.807, 2.05) is 29.8 Å². The van der Waals surface area contributed by atoms with Crippen molar-refractivity contribution in [2.24, 2.45) is 0 Å². The van der Waals surface area contributed by atoms with Crippen molar-refractivity contribution in [1.29, 1.82) is 0 Å². The summed E-state index contributed by atoms with van der Waals surface area (Å²) in [5, 5.41) is 0. The van der Waals surface area contributed by atoms with Crippen LogP contribution in [0.15, 0.2) is 36.8 Å². The molecule has 0 amide bonds. The predicted molar refractivity (Wildman–Crippen MR) is 67.1 cm³/mol. The molecule has 1 aromatic heterocycles. The molecule has 4 heteroatoms. The fraction of sp³-hybridized carbons (Fsp3) is 0.286. The summed E-state index contributed by atoms with van der Waals surface area (Å²) in [5.41, 5.74) is 3.40. The van der Waals surface area contributed by atoms with Gasteiger partial charge in [-0.05, 0) is 12.5 Å². The van der Waals surface area contributed by atoms with E-state index < -0.39 is 0 Å². The van der Waals surface area contributed by atoms with Gasteiger partial charge in [0.25, 0.3) is 0 Å². The Hall–Kier alpha value is -2.10. The number of carbonyl (C=O) groups is 1. The van der Waals surface area contributed by atoms with E-state index in [1.165, 1.54) is 5.56 Å². The Balaban J connectivity index is 1.98. The van der Waals surface area contributed by atoms with E-state index in [2.05, 4.69) is 17.1 Å². The number of imidazole rings is 1. The summed E-state index contributed by atoms with van der Waals surface area (Å²) in [5.74, 6) is -0.168. The quantitative estimate of drug-likeness (QED) is 0.776. The smallest absolute Gasteiger partial charge is 0.308 e. The first kappa shape index (κ1) is 11.0. The maximum absolute atomic E-state index is 11.7. The van der Waals surface area contributed by atoms with Crippen LogP contribution < -0.4 is 0 Å². The van der Waals surface area contributed by atoms with Crippen molar-refractivity contribution in [3.8, 4) is 11.3 Å². The van der Waals surface area contributed by atoms with Crippen molar-refractivity contribution in [2.75, 3.05) is 6.61 Å². The lowest BCUT2D eigenvalue weighted by molar-refractivity contribution is -0.143. The molecule has 2 heterocycles. The van der Waals surface area contributed by atoms with Crippen LogP contribution in [0.5, 0.6) is 0 Å². The van der Waals surface area contributed by atoms with Crippen LogP contribution in [0.2, 0.25) is 0 Å². The third-order valence-corrected chi connectivity index (χ3v) is 3.26. The topological polar surface area (TPSA) is 44.1 Å². The number of carbonyl (C=O) groups excluding carboxylic acids is 1. The second kappa shape index (κ2) is 4.29. The summed E-state index contributed by atoms with van der Waals surface area (Å²) >= 11 is 0. The Bertz CT molecular complexity index is 589. The number of rotatable bonds is 3. The minimum absolute atomic E-state index is 0.0118. The molecular formula is C14H14N2O2. The number of aromatic nitrogens is 2. The number of esters is 1. The number of hydrogen-bond donors (Lipinski definition) is 0. The molecule has 0 radical (unpaired) electrons. The van der Waals surface area contributed by atoms with Crippen molar-refractivity contribution >= 4 is 5.97 Å². The van der Waals surface area contributed by atoms with E-state index in [0.717, 1.165) is 11.3 Å². The molecule has 0 aliphatic carbocycles. The molecule has 4 nitrogen and oxygen atoms in total. The normalized spacial score (nSPS) is 16.2. The molecule has 18 heavy (non-hydrogen) atoms. The first-order valence-corrected chi connectivity index (χ1v) is 6.08. The Morgan fingerprint density at radius 3 is 3.11 bits per heavy atom. The van der Waals surface area contributed by atoms with E-state index in [4.69, 9.17) is 4.74 Å². The van der Waals surface area contributed by atoms with Gasteiger partial charge in [-0.15, -0.1) is 0 Å². The lowest BCUT2D eigenvalue weighted by Crippen LogP contribution is -2.13. The number of benzene rings is 1. The molecule has 0 bridgehead atoms. The minimum atomic E-state index is -0.168. The summed E-state index contributed by atoms with van der Waals surface area (Å²) in [6.45, 7) is 2.24. The van der Waals surface area contributed by atoms with Crippen molar-refractivity contribution < 1.29 is 9.53 Å². The molecule has 1 aliphatic rings. The molecule has 0 fully saturated rings. The van der Waals surface area contributed by atoms with Gasteiger partial charge in [-0.1, -0.05) is 24.3 Å². The van der Waals surface area contributed by atoms with Crippen LogP contribution in [-0.2, 0) is 9.53 Å². The van der Waals surface area contributed by atoms with Gasteiger partial charge in [-0.3, -0.25) is 4.79 Å². The van der Waals surface area contributed by atoms with Gasteiger partial charge in [-0.25, -0.2) is 4.98 Å². The highest BCUT2D eigenvalue weighted by molar-refractivity contribution is 5.75. The molecule has 0 saturated carbocycles. The summed E-state index contributed by atoms with van der Waals surface area (Å²) in [4.78, 5) is 15.8. The van der Waals surface area contributed by atoms with Crippen molar-refractivity contribution in [1.82, 2.24) is 9.55 Å². The summed E-state index contributed by atoms with van der Waals surface area (Å²) < 4.78 is 7.08. The van der Waals surface area contributed by atoms with Gasteiger partial charge >= 0.3 is 5.97 Å². The van der Waals surface area contributed by atoms with Crippen LogP contribution in [0.3, 0.4) is 0 Å². The number of hydrogen-bond acceptors (Lipinski definition) is 3. The van der Waals surface area contributed by atoms with Crippen molar-refractivity contribution in [2.45, 2.75) is 19.4 Å². The lowest BCUT2D eigenvalue weighted by Gasteiger charge is -2.13. The van der Waals surface area contributed by atoms with Crippen LogP contribution in [0.25, 0.3) is 11.3 Å². The second-order valence-corrected chi connectivity index (χ2v) is 4.30. The fourth-order valence-electron chi connectivity index (χ4n) is 2.52. The first-order chi connectivity index (χ1) is 8.81. The van der Waals surface area contributed by atoms with Gasteiger partial charge in [0.15, 0.2) is 0 Å². The van der Waals surface area contributed by atoms with E-state index >= 15 is 0 Å². The molecule has 1 atom stereocenters. The lowest BCUT2D eigenvalue weighted by atomic mass is 10.0. The number of ether oxygens (including phenoxy) is 1. The highest BCUT2D eigenvalue weighted by atomic mass is 16.5. The van der Waals surface area contributed by atoms with E-state index in [9.17, 15) is 4.79 Å². The standard InChI is InChI=1S/C14H14N2O2/c1-2-18-14(17)7-12-10-5-3-4-6-11(10)13-8-15-9-16(12)13/h3-6,8-9,12H,2,7H2,1H3. The zero-order valence-corrected chi connectivity index (χ0v) is 10.2. The minimum Gasteiger partial charge on any atom is -0.466 e. The average molecular weight is 242 g/mol. The molecule has 92 valence electrons. The van der Waals surface area contributed by atoms with Crippen LogP contribution in [0.1, 0.15) is 24.9 Å². The van der Waals surface area contributed by atoms with E-state index in [1.54, 1.807) is 6.33 Å². The number of fused-ring (bicyclic) bond motifs is 3. The maximum atomic E-state index is 11.7. The molecule has 2 aromatic rings. The zero-order chi connectivity index (χ0) is 12.5. The molecule has 0 N–H and O–H groups in total. The van der Waals surface area contributed by atoms with E-state index in [-0.39, 0.29) is 12.0 Å². The summed E-state index contributed by atoms with van der Waals surface area (Å²) in [7, 11) is 0. The van der Waals surface area contributed by atoms with Crippen molar-refractivity contribution in [3.63, 3.8) is 0 Å². The van der Waals surface area contributed by atoms with Gasteiger partial charge < -0.3 is 9.30 Å². The van der Waals surface area contributed by atoms with Crippen LogP contribution in [0, 0.1) is 0 Å². The predicted octanol–water partition coefficient (Wildman–Crippen LogP) is 2.41. The largest absolute Gasteiger partial charge is 0.466 e. The Morgan fingerprint density at radius 1 is 1.44 bits per heavy atom. The fourth-order valence-corrected chi connectivity index (χ4v) is 2.52. The highest BCUT2D eigenvalue weighted by Gasteiger charge is 2.29. The maximum Gasteiger partial charge on any atom is 0.308 e. The molecule has 3 rings (SSSR count). The average Bonchev–Trinajstić information content (AvgIpc) is 2.93. The molecule has 0 spiro atoms. The van der Waals surface area contributed by atoms with Gasteiger partial charge in [-0.2, -0.15) is 0 Å². The third kappa shape index (κ3) is 1.61. The zero-order valence-electron chi connectivity index (χ0n) is 10.2. The van der Waals surface area contributed by atoms with Crippen LogP contribution in [0.4, 0.5) is 0 Å². The Kier molecular flexibility index (Phi) is 2.63. The molecule has 1 aromatic carbocycles. The first-order valence-electron chi connectivity index (χ1n) is 6.08. The second-order valence-electron chi connectivity index (χ2n) is 4.30. The Morgan fingerprint density at radius 2 is 2.28 bits per heavy atom. The SMILES string of the molecule is CCOC(=O)CC1c2ccccc2-c2cncn21. The Labute approximate surface area is 105 Å². The monoisotopic (exact) mass is 242 g/mol. The number of nitrogens with zero attached hydrogens (tertiary/aromatic N) is 2. The van der Waals surface area contributed by atoms with Gasteiger partial charge in [0.1, 0.15) is 0 Å². The van der Waals surface area contributed by atoms with Crippen LogP contribution in [-0.4, -0.2) is 22.1 Å². The summed E-state index contributed by atoms with van der Waals surface area (Å²) in [6.07, 6.45) is 3.97. The van der Waals surface area contributed by atoms with E-state index in [0.29, 0.717) is 13.0 Å². The van der Waals surface area contributed by atoms with Crippen molar-refractivity contribution in [3.05, 3.63) is 42.4 Å². The van der Waals surface area contributed by atoms with Gasteiger partial charge in [0.2, 0.25) is 0 Å². The molecular weight excluding hydrogens is 228 g/mol.